The van der Waals surface area contributed by atoms with Gasteiger partial charge in [0.15, 0.2) is 0 Å². The predicted molar refractivity (Wildman–Crippen MR) is 113 cm³/mol. The molecule has 1 amide bonds. The van der Waals surface area contributed by atoms with Crippen LogP contribution in [0.25, 0.3) is 0 Å². The van der Waals surface area contributed by atoms with Gasteiger partial charge >= 0.3 is 0 Å². The summed E-state index contributed by atoms with van der Waals surface area (Å²) in [5, 5.41) is 6.54. The van der Waals surface area contributed by atoms with Crippen LogP contribution in [0.2, 0.25) is 0 Å². The zero-order valence-electron chi connectivity index (χ0n) is 14.2. The number of amides is 1. The van der Waals surface area contributed by atoms with E-state index in [1.165, 1.54) is 9.13 Å². The summed E-state index contributed by atoms with van der Waals surface area (Å²) in [6, 6.07) is 22.2. The van der Waals surface area contributed by atoms with Crippen LogP contribution < -0.4 is 10.6 Å². The van der Waals surface area contributed by atoms with Gasteiger partial charge in [-0.25, -0.2) is 0 Å². The first-order chi connectivity index (χ1) is 12.7. The Labute approximate surface area is 167 Å². The second kappa shape index (κ2) is 9.33. The van der Waals surface area contributed by atoms with Gasteiger partial charge in [-0.3, -0.25) is 9.78 Å². The van der Waals surface area contributed by atoms with Crippen LogP contribution in [-0.4, -0.2) is 17.4 Å². The number of nitrogens with zero attached hydrogens (tertiary/aromatic N) is 1. The molecule has 2 N–H and O–H groups in total. The molecule has 4 nitrogen and oxygen atoms in total. The molecule has 1 unspecified atom stereocenters. The van der Waals surface area contributed by atoms with Gasteiger partial charge in [0, 0.05) is 28.2 Å². The van der Waals surface area contributed by atoms with Crippen LogP contribution >= 0.6 is 22.6 Å². The Morgan fingerprint density at radius 2 is 1.77 bits per heavy atom. The predicted octanol–water partition coefficient (Wildman–Crippen LogP) is 4.66. The summed E-state index contributed by atoms with van der Waals surface area (Å²) in [5.74, 6) is -0.0980. The van der Waals surface area contributed by atoms with E-state index in [-0.39, 0.29) is 11.9 Å². The highest BCUT2D eigenvalue weighted by atomic mass is 127. The van der Waals surface area contributed by atoms with Gasteiger partial charge in [-0.05, 0) is 71.0 Å². The summed E-state index contributed by atoms with van der Waals surface area (Å²) in [4.78, 5) is 16.2. The lowest BCUT2D eigenvalue weighted by Crippen LogP contribution is -2.27. The minimum Gasteiger partial charge on any atom is -0.378 e. The molecule has 0 fully saturated rings. The normalized spacial score (nSPS) is 11.6. The first kappa shape index (κ1) is 18.4. The molecular weight excluding hydrogens is 437 g/mol. The lowest BCUT2D eigenvalue weighted by atomic mass is 10.0. The molecule has 5 heteroatoms. The largest absolute Gasteiger partial charge is 0.378 e. The number of halogens is 1. The molecule has 3 aromatic rings. The summed E-state index contributed by atoms with van der Waals surface area (Å²) in [7, 11) is 0. The second-order valence-electron chi connectivity index (χ2n) is 5.90. The van der Waals surface area contributed by atoms with Crippen molar-refractivity contribution in [3.63, 3.8) is 0 Å². The summed E-state index contributed by atoms with van der Waals surface area (Å²) < 4.78 is 1.20. The number of hydrogen-bond donors (Lipinski definition) is 2. The van der Waals surface area contributed by atoms with Crippen LogP contribution in [0.3, 0.4) is 0 Å². The van der Waals surface area contributed by atoms with Crippen LogP contribution in [0, 0.1) is 3.57 Å². The molecular formula is C21H20IN3O. The number of aromatic nitrogens is 1. The molecule has 2 aromatic carbocycles. The standard InChI is InChI=1S/C21H20IN3O/c22-18-8-10-19(11-9-18)25-20(16-5-2-1-3-6-16)12-14-24-21(26)17-7-4-13-23-15-17/h1-11,13,15,20,25H,12,14H2,(H,24,26). The molecule has 0 aliphatic heterocycles. The molecule has 0 spiro atoms. The van der Waals surface area contributed by atoms with Gasteiger partial charge in [-0.15, -0.1) is 0 Å². The van der Waals surface area contributed by atoms with Gasteiger partial charge in [0.2, 0.25) is 0 Å². The zero-order valence-corrected chi connectivity index (χ0v) is 16.4. The Kier molecular flexibility index (Phi) is 6.60. The van der Waals surface area contributed by atoms with E-state index in [9.17, 15) is 4.79 Å². The van der Waals surface area contributed by atoms with Crippen LogP contribution in [0.5, 0.6) is 0 Å². The van der Waals surface area contributed by atoms with Gasteiger partial charge in [-0.2, -0.15) is 0 Å². The highest BCUT2D eigenvalue weighted by molar-refractivity contribution is 14.1. The van der Waals surface area contributed by atoms with E-state index in [1.807, 2.05) is 18.2 Å². The van der Waals surface area contributed by atoms with Gasteiger partial charge < -0.3 is 10.6 Å². The highest BCUT2D eigenvalue weighted by Crippen LogP contribution is 2.23. The first-order valence-electron chi connectivity index (χ1n) is 8.47. The van der Waals surface area contributed by atoms with Gasteiger partial charge in [0.25, 0.3) is 5.91 Å². The summed E-state index contributed by atoms with van der Waals surface area (Å²) in [6.07, 6.45) is 4.02. The summed E-state index contributed by atoms with van der Waals surface area (Å²) in [5.41, 5.74) is 2.84. The number of nitrogens with one attached hydrogen (secondary N) is 2. The fourth-order valence-electron chi connectivity index (χ4n) is 2.68. The minimum absolute atomic E-state index is 0.0980. The fourth-order valence-corrected chi connectivity index (χ4v) is 3.04. The quantitative estimate of drug-likeness (QED) is 0.508. The van der Waals surface area contributed by atoms with E-state index in [0.717, 1.165) is 12.1 Å². The molecule has 1 aromatic heterocycles. The van der Waals surface area contributed by atoms with Gasteiger partial charge in [0.1, 0.15) is 0 Å². The smallest absolute Gasteiger partial charge is 0.252 e. The van der Waals surface area contributed by atoms with Gasteiger partial charge in [0.05, 0.1) is 11.6 Å². The number of carbonyl (C=O) groups is 1. The second-order valence-corrected chi connectivity index (χ2v) is 7.15. The Morgan fingerprint density at radius 1 is 1.00 bits per heavy atom. The third-order valence-corrected chi connectivity index (χ3v) is 4.75. The van der Waals surface area contributed by atoms with Crippen molar-refractivity contribution in [2.75, 3.05) is 11.9 Å². The fraction of sp³-hybridized carbons (Fsp3) is 0.143. The number of hydrogen-bond acceptors (Lipinski definition) is 3. The summed E-state index contributed by atoms with van der Waals surface area (Å²) >= 11 is 2.30. The monoisotopic (exact) mass is 457 g/mol. The summed E-state index contributed by atoms with van der Waals surface area (Å²) in [6.45, 7) is 0.574. The van der Waals surface area contributed by atoms with Gasteiger partial charge in [-0.1, -0.05) is 30.3 Å². The molecule has 3 rings (SSSR count). The molecule has 1 heterocycles. The number of anilines is 1. The maximum atomic E-state index is 12.2. The van der Waals surface area contributed by atoms with Crippen molar-refractivity contribution in [2.45, 2.75) is 12.5 Å². The van der Waals surface area contributed by atoms with Crippen LogP contribution in [0.4, 0.5) is 5.69 Å². The van der Waals surface area contributed by atoms with E-state index < -0.39 is 0 Å². The van der Waals surface area contributed by atoms with E-state index in [2.05, 4.69) is 74.6 Å². The van der Waals surface area contributed by atoms with Crippen molar-refractivity contribution < 1.29 is 4.79 Å². The molecule has 0 aliphatic carbocycles. The lowest BCUT2D eigenvalue weighted by Gasteiger charge is -2.21. The third kappa shape index (κ3) is 5.29. The number of rotatable bonds is 7. The van der Waals surface area contributed by atoms with Crippen LogP contribution in [0.15, 0.2) is 79.1 Å². The van der Waals surface area contributed by atoms with Crippen molar-refractivity contribution in [3.05, 3.63) is 93.8 Å². The molecule has 0 aliphatic rings. The SMILES string of the molecule is O=C(NCCC(Nc1ccc(I)cc1)c1ccccc1)c1cccnc1. The van der Waals surface area contributed by atoms with Crippen LogP contribution in [-0.2, 0) is 0 Å². The van der Waals surface area contributed by atoms with Crippen molar-refractivity contribution in [1.29, 1.82) is 0 Å². The maximum absolute atomic E-state index is 12.2. The van der Waals surface area contributed by atoms with E-state index in [4.69, 9.17) is 0 Å². The van der Waals surface area contributed by atoms with Crippen molar-refractivity contribution in [2.24, 2.45) is 0 Å². The number of carbonyl (C=O) groups excluding carboxylic acids is 1. The average Bonchev–Trinajstić information content (AvgIpc) is 2.70. The number of pyridine rings is 1. The molecule has 26 heavy (non-hydrogen) atoms. The highest BCUT2D eigenvalue weighted by Gasteiger charge is 2.12. The Morgan fingerprint density at radius 3 is 2.46 bits per heavy atom. The topological polar surface area (TPSA) is 54.0 Å². The third-order valence-electron chi connectivity index (χ3n) is 4.03. The zero-order chi connectivity index (χ0) is 18.2. The Bertz CT molecular complexity index is 823. The van der Waals surface area contributed by atoms with Crippen molar-refractivity contribution in [1.82, 2.24) is 10.3 Å². The molecule has 0 radical (unpaired) electrons. The van der Waals surface area contributed by atoms with E-state index >= 15 is 0 Å². The molecule has 1 atom stereocenters. The Balaban J connectivity index is 1.64. The molecule has 0 bridgehead atoms. The Hall–Kier alpha value is -2.41. The minimum atomic E-state index is -0.0980. The molecule has 0 saturated heterocycles. The van der Waals surface area contributed by atoms with E-state index in [1.54, 1.807) is 24.5 Å². The first-order valence-corrected chi connectivity index (χ1v) is 9.55. The number of benzene rings is 2. The van der Waals surface area contributed by atoms with Crippen molar-refractivity contribution in [3.8, 4) is 0 Å². The van der Waals surface area contributed by atoms with Crippen molar-refractivity contribution >= 4 is 34.2 Å². The van der Waals surface area contributed by atoms with E-state index in [0.29, 0.717) is 12.1 Å². The average molecular weight is 457 g/mol. The molecule has 0 saturated carbocycles. The maximum Gasteiger partial charge on any atom is 0.252 e. The van der Waals surface area contributed by atoms with Crippen LogP contribution in [0.1, 0.15) is 28.4 Å². The lowest BCUT2D eigenvalue weighted by molar-refractivity contribution is 0.0952. The molecule has 132 valence electrons.